The van der Waals surface area contributed by atoms with Gasteiger partial charge in [-0.05, 0) is 24.6 Å². The molecule has 0 aliphatic rings. The Morgan fingerprint density at radius 2 is 1.88 bits per heavy atom. The van der Waals surface area contributed by atoms with Gasteiger partial charge < -0.3 is 0 Å². The van der Waals surface area contributed by atoms with E-state index in [0.29, 0.717) is 6.54 Å². The van der Waals surface area contributed by atoms with Gasteiger partial charge in [-0.25, -0.2) is 12.7 Å². The zero-order chi connectivity index (χ0) is 13.1. The van der Waals surface area contributed by atoms with Crippen molar-refractivity contribution < 1.29 is 8.42 Å². The first-order valence-corrected chi connectivity index (χ1v) is 7.96. The molecule has 0 aliphatic carbocycles. The Balaban J connectivity index is 2.79. The summed E-state index contributed by atoms with van der Waals surface area (Å²) < 4.78 is 26.2. The molecule has 1 unspecified atom stereocenters. The van der Waals surface area contributed by atoms with E-state index in [1.54, 1.807) is 14.0 Å². The molecule has 0 fully saturated rings. The molecule has 3 nitrogen and oxygen atoms in total. The molecule has 1 rings (SSSR count). The Hall–Kier alpha value is -0.100. The van der Waals surface area contributed by atoms with E-state index in [2.05, 4.69) is 15.9 Å². The lowest BCUT2D eigenvalue weighted by molar-refractivity contribution is 0.460. The van der Waals surface area contributed by atoms with Crippen LogP contribution in [0.15, 0.2) is 28.7 Å². The van der Waals surface area contributed by atoms with Gasteiger partial charge in [-0.1, -0.05) is 28.1 Å². The van der Waals surface area contributed by atoms with Gasteiger partial charge in [-0.3, -0.25) is 0 Å². The number of halogens is 2. The molecule has 0 spiro atoms. The molecule has 1 aromatic rings. The fourth-order valence-corrected chi connectivity index (χ4v) is 3.17. The van der Waals surface area contributed by atoms with Crippen LogP contribution < -0.4 is 0 Å². The average molecular weight is 341 g/mol. The van der Waals surface area contributed by atoms with E-state index in [0.717, 1.165) is 10.0 Å². The second-order valence-corrected chi connectivity index (χ2v) is 7.57. The third kappa shape index (κ3) is 3.95. The molecule has 0 amide bonds. The number of benzene rings is 1. The van der Waals surface area contributed by atoms with Crippen LogP contribution in [0.4, 0.5) is 0 Å². The normalized spacial score (nSPS) is 13.9. The maximum absolute atomic E-state index is 12.0. The van der Waals surface area contributed by atoms with Gasteiger partial charge in [0.05, 0.1) is 5.25 Å². The lowest BCUT2D eigenvalue weighted by atomic mass is 10.2. The van der Waals surface area contributed by atoms with Crippen LogP contribution in [0.3, 0.4) is 0 Å². The van der Waals surface area contributed by atoms with Crippen LogP contribution in [0.5, 0.6) is 0 Å². The highest BCUT2D eigenvalue weighted by Gasteiger charge is 2.24. The third-order valence-electron chi connectivity index (χ3n) is 2.48. The Kier molecular flexibility index (Phi) is 5.44. The third-order valence-corrected chi connectivity index (χ3v) is 5.83. The Morgan fingerprint density at radius 3 is 2.35 bits per heavy atom. The smallest absolute Gasteiger partial charge is 0.212 e. The first-order valence-electron chi connectivity index (χ1n) is 5.13. The van der Waals surface area contributed by atoms with Crippen molar-refractivity contribution in [2.45, 2.75) is 18.7 Å². The van der Waals surface area contributed by atoms with E-state index >= 15 is 0 Å². The fraction of sp³-hybridized carbons (Fsp3) is 0.455. The predicted octanol–water partition coefficient (Wildman–Crippen LogP) is 2.84. The molecule has 0 aliphatic heterocycles. The van der Waals surface area contributed by atoms with Crippen LogP contribution in [-0.4, -0.2) is 30.9 Å². The van der Waals surface area contributed by atoms with Crippen LogP contribution in [0.25, 0.3) is 0 Å². The highest BCUT2D eigenvalue weighted by molar-refractivity contribution is 9.10. The van der Waals surface area contributed by atoms with Crippen molar-refractivity contribution >= 4 is 37.6 Å². The van der Waals surface area contributed by atoms with Gasteiger partial charge >= 0.3 is 0 Å². The van der Waals surface area contributed by atoms with Crippen molar-refractivity contribution in [2.75, 3.05) is 12.9 Å². The second-order valence-electron chi connectivity index (χ2n) is 3.89. The van der Waals surface area contributed by atoms with Crippen molar-refractivity contribution in [1.82, 2.24) is 4.31 Å². The topological polar surface area (TPSA) is 37.4 Å². The van der Waals surface area contributed by atoms with Crippen molar-refractivity contribution in [2.24, 2.45) is 0 Å². The van der Waals surface area contributed by atoms with Crippen LogP contribution in [0.2, 0.25) is 0 Å². The van der Waals surface area contributed by atoms with Crippen molar-refractivity contribution in [3.8, 4) is 0 Å². The number of sulfonamides is 1. The zero-order valence-electron chi connectivity index (χ0n) is 9.73. The van der Waals surface area contributed by atoms with E-state index in [4.69, 9.17) is 11.6 Å². The predicted molar refractivity (Wildman–Crippen MR) is 74.7 cm³/mol. The molecule has 0 bridgehead atoms. The molecule has 0 heterocycles. The van der Waals surface area contributed by atoms with Gasteiger partial charge in [0.25, 0.3) is 0 Å². The monoisotopic (exact) mass is 339 g/mol. The highest BCUT2D eigenvalue weighted by Crippen LogP contribution is 2.15. The number of rotatable bonds is 5. The summed E-state index contributed by atoms with van der Waals surface area (Å²) in [5.74, 6) is 0.104. The fourth-order valence-electron chi connectivity index (χ4n) is 1.32. The van der Waals surface area contributed by atoms with Gasteiger partial charge in [-0.2, -0.15) is 0 Å². The molecular formula is C11H15BrClNO2S. The van der Waals surface area contributed by atoms with E-state index in [9.17, 15) is 8.42 Å². The summed E-state index contributed by atoms with van der Waals surface area (Å²) in [4.78, 5) is 0. The number of hydrogen-bond donors (Lipinski definition) is 0. The lowest BCUT2D eigenvalue weighted by Gasteiger charge is -2.20. The van der Waals surface area contributed by atoms with E-state index in [1.165, 1.54) is 4.31 Å². The molecule has 6 heteroatoms. The molecule has 1 atom stereocenters. The summed E-state index contributed by atoms with van der Waals surface area (Å²) in [6, 6.07) is 7.56. The minimum Gasteiger partial charge on any atom is -0.212 e. The highest BCUT2D eigenvalue weighted by atomic mass is 79.9. The largest absolute Gasteiger partial charge is 0.217 e. The summed E-state index contributed by atoms with van der Waals surface area (Å²) in [5.41, 5.74) is 0.945. The van der Waals surface area contributed by atoms with Gasteiger partial charge in [0.2, 0.25) is 10.0 Å². The van der Waals surface area contributed by atoms with Crippen molar-refractivity contribution in [1.29, 1.82) is 0 Å². The van der Waals surface area contributed by atoms with E-state index in [-0.39, 0.29) is 5.88 Å². The Morgan fingerprint density at radius 1 is 1.35 bits per heavy atom. The Bertz CT molecular complexity index is 461. The van der Waals surface area contributed by atoms with Crippen LogP contribution >= 0.6 is 27.5 Å². The van der Waals surface area contributed by atoms with E-state index < -0.39 is 15.3 Å². The number of hydrogen-bond acceptors (Lipinski definition) is 2. The first kappa shape index (κ1) is 15.0. The van der Waals surface area contributed by atoms with Crippen LogP contribution in [-0.2, 0) is 16.6 Å². The molecule has 96 valence electrons. The summed E-state index contributed by atoms with van der Waals surface area (Å²) in [6.45, 7) is 1.97. The summed E-state index contributed by atoms with van der Waals surface area (Å²) in [7, 11) is -1.74. The SMILES string of the molecule is CC(CCl)S(=O)(=O)N(C)Cc1ccc(Br)cc1. The maximum atomic E-state index is 12.0. The number of nitrogens with zero attached hydrogens (tertiary/aromatic N) is 1. The molecule has 0 radical (unpaired) electrons. The number of alkyl halides is 1. The quantitative estimate of drug-likeness (QED) is 0.773. The minimum atomic E-state index is -3.31. The molecule has 0 N–H and O–H groups in total. The molecule has 1 aromatic carbocycles. The standard InChI is InChI=1S/C11H15BrClNO2S/c1-9(7-13)17(15,16)14(2)8-10-3-5-11(12)6-4-10/h3-6,9H,7-8H2,1-2H3. The molecular weight excluding hydrogens is 326 g/mol. The van der Waals surface area contributed by atoms with Gasteiger partial charge in [0.15, 0.2) is 0 Å². The second kappa shape index (κ2) is 6.18. The summed E-state index contributed by atoms with van der Waals surface area (Å²) in [5, 5.41) is -0.565. The van der Waals surface area contributed by atoms with Crippen LogP contribution in [0, 0.1) is 0 Å². The lowest BCUT2D eigenvalue weighted by Crippen LogP contribution is -2.35. The maximum Gasteiger partial charge on any atom is 0.217 e. The van der Waals surface area contributed by atoms with Gasteiger partial charge in [-0.15, -0.1) is 11.6 Å². The zero-order valence-corrected chi connectivity index (χ0v) is 12.9. The first-order chi connectivity index (χ1) is 7.87. The summed E-state index contributed by atoms with van der Waals surface area (Å²) in [6.07, 6.45) is 0. The molecule has 17 heavy (non-hydrogen) atoms. The average Bonchev–Trinajstić information content (AvgIpc) is 2.30. The van der Waals surface area contributed by atoms with Crippen molar-refractivity contribution in [3.05, 3.63) is 34.3 Å². The van der Waals surface area contributed by atoms with Crippen LogP contribution in [0.1, 0.15) is 12.5 Å². The minimum absolute atomic E-state index is 0.104. The molecule has 0 aromatic heterocycles. The van der Waals surface area contributed by atoms with Gasteiger partial charge in [0.1, 0.15) is 0 Å². The molecule has 0 saturated carbocycles. The van der Waals surface area contributed by atoms with E-state index in [1.807, 2.05) is 24.3 Å². The molecule has 0 saturated heterocycles. The Labute approximate surface area is 116 Å². The summed E-state index contributed by atoms with van der Waals surface area (Å²) >= 11 is 8.93. The van der Waals surface area contributed by atoms with Gasteiger partial charge in [0, 0.05) is 23.9 Å². The van der Waals surface area contributed by atoms with Crippen molar-refractivity contribution in [3.63, 3.8) is 0 Å².